The van der Waals surface area contributed by atoms with Crippen molar-refractivity contribution in [3.8, 4) is 5.69 Å². The number of sulfone groups is 1. The van der Waals surface area contributed by atoms with E-state index < -0.39 is 21.2 Å². The molecule has 0 amide bonds. The lowest BCUT2D eigenvalue weighted by Crippen LogP contribution is -2.11. The zero-order chi connectivity index (χ0) is 12.9. The molecule has 0 unspecified atom stereocenters. The molecule has 0 fully saturated rings. The molecule has 3 rings (SSSR count). The van der Waals surface area contributed by atoms with Crippen LogP contribution in [0.3, 0.4) is 0 Å². The van der Waals surface area contributed by atoms with Crippen LogP contribution in [0, 0.1) is 5.82 Å². The standard InChI is InChI=1S/C11H9FN2O3S/c12-7-2-1-3-8(4-7)14-10-6-18(16,17)5-9(10)11(15)13-14/h1-4H,5-6H2,(H,13,15). The van der Waals surface area contributed by atoms with Crippen LogP contribution < -0.4 is 5.56 Å². The van der Waals surface area contributed by atoms with Crippen LogP contribution in [0.4, 0.5) is 4.39 Å². The molecule has 0 bridgehead atoms. The number of nitrogens with one attached hydrogen (secondary N) is 1. The zero-order valence-corrected chi connectivity index (χ0v) is 10.00. The number of benzene rings is 1. The smallest absolute Gasteiger partial charge is 0.268 e. The van der Waals surface area contributed by atoms with Gasteiger partial charge in [0, 0.05) is 0 Å². The third kappa shape index (κ3) is 1.67. The molecule has 1 aliphatic heterocycles. The first-order chi connectivity index (χ1) is 8.46. The highest BCUT2D eigenvalue weighted by Gasteiger charge is 2.31. The van der Waals surface area contributed by atoms with Crippen LogP contribution in [0.2, 0.25) is 0 Å². The van der Waals surface area contributed by atoms with Crippen molar-refractivity contribution >= 4 is 9.84 Å². The first kappa shape index (κ1) is 11.2. The average molecular weight is 268 g/mol. The van der Waals surface area contributed by atoms with Crippen molar-refractivity contribution in [1.82, 2.24) is 9.78 Å². The number of fused-ring (bicyclic) bond motifs is 1. The van der Waals surface area contributed by atoms with Gasteiger partial charge in [-0.15, -0.1) is 0 Å². The molecule has 5 nitrogen and oxygen atoms in total. The van der Waals surface area contributed by atoms with E-state index in [9.17, 15) is 17.6 Å². The summed E-state index contributed by atoms with van der Waals surface area (Å²) in [5.74, 6) is -0.894. The fraction of sp³-hybridized carbons (Fsp3) is 0.182. The maximum atomic E-state index is 13.1. The maximum Gasteiger partial charge on any atom is 0.268 e. The van der Waals surface area contributed by atoms with Gasteiger partial charge in [-0.2, -0.15) is 0 Å². The Labute approximate surface area is 102 Å². The molecule has 1 N–H and O–H groups in total. The summed E-state index contributed by atoms with van der Waals surface area (Å²) in [7, 11) is -3.26. The van der Waals surface area contributed by atoms with E-state index in [1.165, 1.54) is 22.9 Å². The monoisotopic (exact) mass is 268 g/mol. The van der Waals surface area contributed by atoms with Crippen molar-refractivity contribution in [1.29, 1.82) is 0 Å². The number of hydrogen-bond acceptors (Lipinski definition) is 3. The van der Waals surface area contributed by atoms with Gasteiger partial charge in [-0.1, -0.05) is 6.07 Å². The number of nitrogens with zero attached hydrogens (tertiary/aromatic N) is 1. The minimum absolute atomic E-state index is 0.197. The molecule has 0 aliphatic carbocycles. The lowest BCUT2D eigenvalue weighted by Gasteiger charge is -2.05. The van der Waals surface area contributed by atoms with Crippen LogP contribution in [-0.2, 0) is 21.3 Å². The van der Waals surface area contributed by atoms with E-state index in [2.05, 4.69) is 5.10 Å². The normalized spacial score (nSPS) is 16.7. The molecular formula is C11H9FN2O3S. The molecular weight excluding hydrogens is 259 g/mol. The molecule has 0 atom stereocenters. The predicted molar refractivity (Wildman–Crippen MR) is 62.7 cm³/mol. The molecule has 1 aliphatic rings. The Hall–Kier alpha value is -1.89. The minimum atomic E-state index is -3.26. The van der Waals surface area contributed by atoms with Crippen molar-refractivity contribution in [2.45, 2.75) is 11.5 Å². The second-order valence-electron chi connectivity index (χ2n) is 4.21. The molecule has 1 aromatic carbocycles. The molecule has 0 saturated carbocycles. The topological polar surface area (TPSA) is 71.9 Å². The summed E-state index contributed by atoms with van der Waals surface area (Å²) >= 11 is 0. The van der Waals surface area contributed by atoms with E-state index in [4.69, 9.17) is 0 Å². The lowest BCUT2D eigenvalue weighted by atomic mass is 10.2. The van der Waals surface area contributed by atoms with Crippen LogP contribution in [-0.4, -0.2) is 18.2 Å². The Bertz CT molecular complexity index is 789. The van der Waals surface area contributed by atoms with Gasteiger partial charge in [-0.05, 0) is 18.2 Å². The van der Waals surface area contributed by atoms with Crippen LogP contribution >= 0.6 is 0 Å². The minimum Gasteiger partial charge on any atom is -0.268 e. The Morgan fingerprint density at radius 3 is 2.78 bits per heavy atom. The molecule has 7 heteroatoms. The molecule has 0 radical (unpaired) electrons. The van der Waals surface area contributed by atoms with Gasteiger partial charge in [0.15, 0.2) is 9.84 Å². The second kappa shape index (κ2) is 3.55. The summed E-state index contributed by atoms with van der Waals surface area (Å²) in [6, 6.07) is 5.62. The Balaban J connectivity index is 2.23. The highest BCUT2D eigenvalue weighted by molar-refractivity contribution is 7.90. The number of aromatic amines is 1. The summed E-state index contributed by atoms with van der Waals surface area (Å²) in [6.45, 7) is 0. The van der Waals surface area contributed by atoms with E-state index in [0.717, 1.165) is 0 Å². The van der Waals surface area contributed by atoms with Crippen molar-refractivity contribution in [3.05, 3.63) is 51.7 Å². The number of hydrogen-bond donors (Lipinski definition) is 1. The van der Waals surface area contributed by atoms with Crippen LogP contribution in [0.15, 0.2) is 29.1 Å². The van der Waals surface area contributed by atoms with Crippen LogP contribution in [0.25, 0.3) is 5.69 Å². The van der Waals surface area contributed by atoms with E-state index in [0.29, 0.717) is 11.4 Å². The fourth-order valence-corrected chi connectivity index (χ4v) is 3.68. The molecule has 94 valence electrons. The Morgan fingerprint density at radius 1 is 1.28 bits per heavy atom. The van der Waals surface area contributed by atoms with Crippen molar-refractivity contribution < 1.29 is 12.8 Å². The summed E-state index contributed by atoms with van der Waals surface area (Å²) in [4.78, 5) is 11.6. The summed E-state index contributed by atoms with van der Waals surface area (Å²) in [5, 5.41) is 2.53. The van der Waals surface area contributed by atoms with E-state index in [-0.39, 0.29) is 17.1 Å². The van der Waals surface area contributed by atoms with E-state index >= 15 is 0 Å². The number of H-pyrrole nitrogens is 1. The Morgan fingerprint density at radius 2 is 2.06 bits per heavy atom. The van der Waals surface area contributed by atoms with Crippen LogP contribution in [0.1, 0.15) is 11.3 Å². The fourth-order valence-electron chi connectivity index (χ4n) is 2.12. The number of rotatable bonds is 1. The first-order valence-electron chi connectivity index (χ1n) is 5.25. The highest BCUT2D eigenvalue weighted by atomic mass is 32.2. The third-order valence-electron chi connectivity index (χ3n) is 2.89. The van der Waals surface area contributed by atoms with Crippen LogP contribution in [0.5, 0.6) is 0 Å². The molecule has 2 heterocycles. The summed E-state index contributed by atoms with van der Waals surface area (Å²) in [5.41, 5.74) is 0.616. The van der Waals surface area contributed by atoms with E-state index in [1.54, 1.807) is 6.07 Å². The van der Waals surface area contributed by atoms with Gasteiger partial charge < -0.3 is 0 Å². The zero-order valence-electron chi connectivity index (χ0n) is 9.18. The number of aromatic nitrogens is 2. The lowest BCUT2D eigenvalue weighted by molar-refractivity contribution is 0.596. The molecule has 0 spiro atoms. The summed E-state index contributed by atoms with van der Waals surface area (Å²) < 4.78 is 37.5. The third-order valence-corrected chi connectivity index (χ3v) is 4.33. The predicted octanol–water partition coefficient (Wildman–Crippen LogP) is 0.733. The van der Waals surface area contributed by atoms with Gasteiger partial charge in [0.25, 0.3) is 5.56 Å². The van der Waals surface area contributed by atoms with Gasteiger partial charge in [-0.3, -0.25) is 14.6 Å². The number of halogens is 1. The van der Waals surface area contributed by atoms with Crippen molar-refractivity contribution in [2.75, 3.05) is 0 Å². The Kier molecular flexibility index (Phi) is 2.21. The molecule has 2 aromatic rings. The summed E-state index contributed by atoms with van der Waals surface area (Å²) in [6.07, 6.45) is 0. The maximum absolute atomic E-state index is 13.1. The largest absolute Gasteiger partial charge is 0.268 e. The van der Waals surface area contributed by atoms with Gasteiger partial charge in [0.1, 0.15) is 5.82 Å². The van der Waals surface area contributed by atoms with Crippen molar-refractivity contribution in [2.24, 2.45) is 0 Å². The van der Waals surface area contributed by atoms with Gasteiger partial charge in [0.2, 0.25) is 0 Å². The van der Waals surface area contributed by atoms with Crippen molar-refractivity contribution in [3.63, 3.8) is 0 Å². The first-order valence-corrected chi connectivity index (χ1v) is 7.07. The van der Waals surface area contributed by atoms with Gasteiger partial charge >= 0.3 is 0 Å². The molecule has 1 aromatic heterocycles. The second-order valence-corrected chi connectivity index (χ2v) is 6.28. The SMILES string of the molecule is O=c1[nH]n(-c2cccc(F)c2)c2c1CS(=O)(=O)C2. The van der Waals surface area contributed by atoms with Gasteiger partial charge in [0.05, 0.1) is 28.5 Å². The molecule has 18 heavy (non-hydrogen) atoms. The quantitative estimate of drug-likeness (QED) is 0.829. The van der Waals surface area contributed by atoms with E-state index in [1.807, 2.05) is 0 Å². The average Bonchev–Trinajstić information content (AvgIpc) is 2.74. The highest BCUT2D eigenvalue weighted by Crippen LogP contribution is 2.24. The van der Waals surface area contributed by atoms with Gasteiger partial charge in [-0.25, -0.2) is 12.8 Å². The molecule has 0 saturated heterocycles.